The van der Waals surface area contributed by atoms with E-state index in [0.717, 1.165) is 18.0 Å². The molecule has 0 spiro atoms. The van der Waals surface area contributed by atoms with Crippen molar-refractivity contribution in [3.05, 3.63) is 0 Å². The first-order valence-electron chi connectivity index (χ1n) is 8.42. The topological polar surface area (TPSA) is 15.3 Å². The molecule has 1 aliphatic carbocycles. The third-order valence-corrected chi connectivity index (χ3v) is 5.89. The molecule has 0 radical (unpaired) electrons. The molecule has 2 aliphatic rings. The summed E-state index contributed by atoms with van der Waals surface area (Å²) in [6.07, 6.45) is 8.34. The summed E-state index contributed by atoms with van der Waals surface area (Å²) in [7, 11) is 2.16. The van der Waals surface area contributed by atoms with Gasteiger partial charge in [0, 0.05) is 24.7 Å². The fraction of sp³-hybridized carbons (Fsp3) is 1.00. The Labute approximate surface area is 120 Å². The Morgan fingerprint density at radius 3 is 2.58 bits per heavy atom. The summed E-state index contributed by atoms with van der Waals surface area (Å²) in [5.41, 5.74) is 0.461. The first-order valence-corrected chi connectivity index (χ1v) is 8.42. The summed E-state index contributed by atoms with van der Waals surface area (Å²) < 4.78 is 0. The van der Waals surface area contributed by atoms with Crippen LogP contribution in [-0.2, 0) is 0 Å². The van der Waals surface area contributed by atoms with Gasteiger partial charge in [0.2, 0.25) is 0 Å². The van der Waals surface area contributed by atoms with Gasteiger partial charge in [-0.2, -0.15) is 0 Å². The Balaban J connectivity index is 2.04. The zero-order valence-corrected chi connectivity index (χ0v) is 13.7. The number of nitrogens with one attached hydrogen (secondary N) is 1. The van der Waals surface area contributed by atoms with Crippen molar-refractivity contribution in [2.24, 2.45) is 11.3 Å². The average Bonchev–Trinajstić information content (AvgIpc) is 2.70. The van der Waals surface area contributed by atoms with E-state index >= 15 is 0 Å². The highest BCUT2D eigenvalue weighted by Gasteiger charge is 2.40. The summed E-state index contributed by atoms with van der Waals surface area (Å²) in [5.74, 6) is 0.836. The molecule has 1 aliphatic heterocycles. The minimum atomic E-state index is 0.461. The van der Waals surface area contributed by atoms with Crippen LogP contribution in [0.5, 0.6) is 0 Å². The van der Waals surface area contributed by atoms with Crippen LogP contribution in [0.1, 0.15) is 66.2 Å². The molecule has 1 heterocycles. The van der Waals surface area contributed by atoms with Crippen molar-refractivity contribution in [1.82, 2.24) is 10.2 Å². The van der Waals surface area contributed by atoms with Gasteiger partial charge in [0.15, 0.2) is 0 Å². The lowest BCUT2D eigenvalue weighted by Crippen LogP contribution is -2.52. The van der Waals surface area contributed by atoms with E-state index in [-0.39, 0.29) is 0 Å². The van der Waals surface area contributed by atoms with E-state index in [1.807, 2.05) is 0 Å². The lowest BCUT2D eigenvalue weighted by Gasteiger charge is -2.46. The van der Waals surface area contributed by atoms with Crippen molar-refractivity contribution in [3.63, 3.8) is 0 Å². The van der Waals surface area contributed by atoms with Gasteiger partial charge in [-0.1, -0.05) is 27.2 Å². The van der Waals surface area contributed by atoms with Crippen LogP contribution >= 0.6 is 0 Å². The normalized spacial score (nSPS) is 39.6. The van der Waals surface area contributed by atoms with Gasteiger partial charge in [0.05, 0.1) is 0 Å². The third kappa shape index (κ3) is 3.16. The van der Waals surface area contributed by atoms with E-state index < -0.39 is 0 Å². The predicted molar refractivity (Wildman–Crippen MR) is 83.5 cm³/mol. The standard InChI is InChI=1S/C17H34N2/c1-6-15-10-9-13(2)19(15)12-14-8-7-11-17(3,4)16(14)18-5/h13-16,18H,6-12H2,1-5H3. The van der Waals surface area contributed by atoms with Crippen LogP contribution in [0.2, 0.25) is 0 Å². The average molecular weight is 266 g/mol. The zero-order valence-electron chi connectivity index (χ0n) is 13.7. The number of likely N-dealkylation sites (tertiary alicyclic amines) is 1. The molecule has 2 nitrogen and oxygen atoms in total. The van der Waals surface area contributed by atoms with Crippen LogP contribution < -0.4 is 5.32 Å². The highest BCUT2D eigenvalue weighted by atomic mass is 15.2. The first-order chi connectivity index (χ1) is 8.99. The molecule has 0 aromatic heterocycles. The maximum atomic E-state index is 3.64. The SMILES string of the molecule is CCC1CCC(C)N1CC1CCCC(C)(C)C1NC. The van der Waals surface area contributed by atoms with E-state index in [2.05, 4.69) is 45.0 Å². The van der Waals surface area contributed by atoms with Gasteiger partial charge in [-0.15, -0.1) is 0 Å². The molecule has 1 saturated heterocycles. The second kappa shape index (κ2) is 6.13. The molecule has 1 saturated carbocycles. The molecule has 2 rings (SSSR count). The molecule has 2 heteroatoms. The molecular weight excluding hydrogens is 232 g/mol. The second-order valence-corrected chi connectivity index (χ2v) is 7.59. The number of rotatable bonds is 4. The maximum Gasteiger partial charge on any atom is 0.0156 e. The van der Waals surface area contributed by atoms with Gasteiger partial charge >= 0.3 is 0 Å². The van der Waals surface area contributed by atoms with Crippen molar-refractivity contribution in [1.29, 1.82) is 0 Å². The van der Waals surface area contributed by atoms with Crippen molar-refractivity contribution in [2.75, 3.05) is 13.6 Å². The van der Waals surface area contributed by atoms with E-state index in [1.54, 1.807) is 0 Å². The summed E-state index contributed by atoms with van der Waals surface area (Å²) in [6, 6.07) is 2.33. The lowest BCUT2D eigenvalue weighted by molar-refractivity contribution is 0.0677. The third-order valence-electron chi connectivity index (χ3n) is 5.89. The van der Waals surface area contributed by atoms with E-state index in [4.69, 9.17) is 0 Å². The fourth-order valence-corrected chi connectivity index (χ4v) is 4.77. The summed E-state index contributed by atoms with van der Waals surface area (Å²) in [4.78, 5) is 2.82. The Kier molecular flexibility index (Phi) is 4.94. The number of nitrogens with zero attached hydrogens (tertiary/aromatic N) is 1. The van der Waals surface area contributed by atoms with Crippen molar-refractivity contribution < 1.29 is 0 Å². The van der Waals surface area contributed by atoms with Crippen molar-refractivity contribution >= 4 is 0 Å². The lowest BCUT2D eigenvalue weighted by atomic mass is 9.67. The van der Waals surface area contributed by atoms with Crippen molar-refractivity contribution in [3.8, 4) is 0 Å². The van der Waals surface area contributed by atoms with Gasteiger partial charge in [0.1, 0.15) is 0 Å². The van der Waals surface area contributed by atoms with Crippen LogP contribution in [0.3, 0.4) is 0 Å². The maximum absolute atomic E-state index is 3.64. The van der Waals surface area contributed by atoms with Crippen molar-refractivity contribution in [2.45, 2.75) is 84.3 Å². The second-order valence-electron chi connectivity index (χ2n) is 7.59. The zero-order chi connectivity index (χ0) is 14.0. The summed E-state index contributed by atoms with van der Waals surface area (Å²) in [5, 5.41) is 3.64. The van der Waals surface area contributed by atoms with Crippen LogP contribution in [0.4, 0.5) is 0 Å². The fourth-order valence-electron chi connectivity index (χ4n) is 4.77. The number of hydrogen-bond acceptors (Lipinski definition) is 2. The van der Waals surface area contributed by atoms with E-state index in [9.17, 15) is 0 Å². The van der Waals surface area contributed by atoms with Crippen LogP contribution in [0.25, 0.3) is 0 Å². The molecule has 1 N–H and O–H groups in total. The van der Waals surface area contributed by atoms with Gasteiger partial charge in [0.25, 0.3) is 0 Å². The molecular formula is C17H34N2. The Hall–Kier alpha value is -0.0800. The van der Waals surface area contributed by atoms with E-state index in [0.29, 0.717) is 11.5 Å². The molecule has 19 heavy (non-hydrogen) atoms. The van der Waals surface area contributed by atoms with Gasteiger partial charge in [-0.3, -0.25) is 4.90 Å². The van der Waals surface area contributed by atoms with Crippen LogP contribution in [0, 0.1) is 11.3 Å². The van der Waals surface area contributed by atoms with Crippen LogP contribution in [-0.4, -0.2) is 36.6 Å². The molecule has 0 aromatic carbocycles. The van der Waals surface area contributed by atoms with Crippen LogP contribution in [0.15, 0.2) is 0 Å². The molecule has 0 amide bonds. The monoisotopic (exact) mass is 266 g/mol. The van der Waals surface area contributed by atoms with Gasteiger partial charge in [-0.25, -0.2) is 0 Å². The minimum Gasteiger partial charge on any atom is -0.316 e. The van der Waals surface area contributed by atoms with Gasteiger partial charge in [-0.05, 0) is 57.4 Å². The summed E-state index contributed by atoms with van der Waals surface area (Å²) in [6.45, 7) is 11.0. The highest BCUT2D eigenvalue weighted by Crippen LogP contribution is 2.40. The first kappa shape index (κ1) is 15.3. The molecule has 0 bridgehead atoms. The minimum absolute atomic E-state index is 0.461. The van der Waals surface area contributed by atoms with E-state index in [1.165, 1.54) is 45.1 Å². The summed E-state index contributed by atoms with van der Waals surface area (Å²) >= 11 is 0. The Morgan fingerprint density at radius 2 is 1.95 bits per heavy atom. The molecule has 4 atom stereocenters. The largest absolute Gasteiger partial charge is 0.316 e. The molecule has 4 unspecified atom stereocenters. The highest BCUT2D eigenvalue weighted by molar-refractivity contribution is 4.96. The Bertz CT molecular complexity index is 287. The Morgan fingerprint density at radius 1 is 1.21 bits per heavy atom. The molecule has 0 aromatic rings. The number of hydrogen-bond donors (Lipinski definition) is 1. The van der Waals surface area contributed by atoms with Gasteiger partial charge < -0.3 is 5.32 Å². The molecule has 112 valence electrons. The molecule has 2 fully saturated rings. The predicted octanol–water partition coefficient (Wildman–Crippen LogP) is 3.66. The smallest absolute Gasteiger partial charge is 0.0156 e. The quantitative estimate of drug-likeness (QED) is 0.835.